The molecule has 7 nitrogen and oxygen atoms in total. The van der Waals surface area contributed by atoms with Crippen molar-refractivity contribution < 1.29 is 29.2 Å². The fourth-order valence-corrected chi connectivity index (χ4v) is 8.21. The second-order valence-electron chi connectivity index (χ2n) is 14.2. The molecule has 4 aromatic carbocycles. The number of rotatable bonds is 3. The van der Waals surface area contributed by atoms with Gasteiger partial charge in [0.15, 0.2) is 0 Å². The number of aryl methyl sites for hydroxylation is 2. The van der Waals surface area contributed by atoms with Gasteiger partial charge in [0.25, 0.3) is 0 Å². The molecule has 4 aliphatic carbocycles. The minimum Gasteiger partial charge on any atom is -0.574 e. The zero-order valence-corrected chi connectivity index (χ0v) is 33.4. The minimum absolute atomic E-state index is 0. The summed E-state index contributed by atoms with van der Waals surface area (Å²) >= 11 is 0. The molecular formula is C48H36IrN7-3. The second-order valence-corrected chi connectivity index (χ2v) is 14.2. The van der Waals surface area contributed by atoms with E-state index in [-0.39, 0.29) is 20.1 Å². The number of hydrogen-bond acceptors (Lipinski definition) is 2. The average molecular weight is 903 g/mol. The maximum absolute atomic E-state index is 4.12. The molecule has 12 rings (SSSR count). The molecule has 0 unspecified atom stereocenters. The third-order valence-electron chi connectivity index (χ3n) is 10.7. The van der Waals surface area contributed by atoms with Crippen molar-refractivity contribution in [2.75, 3.05) is 0 Å². The largest absolute Gasteiger partial charge is 0.574 e. The normalized spacial score (nSPS) is 13.9. The summed E-state index contributed by atoms with van der Waals surface area (Å²) in [4.78, 5) is 4.12. The van der Waals surface area contributed by atoms with Crippen molar-refractivity contribution in [1.29, 1.82) is 0 Å². The van der Waals surface area contributed by atoms with Crippen LogP contribution in [0.1, 0.15) is 46.2 Å². The van der Waals surface area contributed by atoms with E-state index in [1.807, 2.05) is 81.4 Å². The van der Waals surface area contributed by atoms with Gasteiger partial charge in [-0.2, -0.15) is 24.3 Å². The summed E-state index contributed by atoms with van der Waals surface area (Å²) in [6.45, 7) is 0. The van der Waals surface area contributed by atoms with E-state index in [0.29, 0.717) is 0 Å². The van der Waals surface area contributed by atoms with Crippen molar-refractivity contribution in [3.63, 3.8) is 0 Å². The van der Waals surface area contributed by atoms with Gasteiger partial charge < -0.3 is 28.5 Å². The Labute approximate surface area is 339 Å². The summed E-state index contributed by atoms with van der Waals surface area (Å²) < 4.78 is 7.93. The third-order valence-corrected chi connectivity index (χ3v) is 10.7. The van der Waals surface area contributed by atoms with Gasteiger partial charge in [-0.15, -0.1) is 44.8 Å². The van der Waals surface area contributed by atoms with Gasteiger partial charge >= 0.3 is 0 Å². The van der Waals surface area contributed by atoms with Gasteiger partial charge in [-0.1, -0.05) is 90.6 Å². The summed E-state index contributed by atoms with van der Waals surface area (Å²) in [5.41, 5.74) is 15.1. The molecule has 0 bridgehead atoms. The molecule has 0 aliphatic heterocycles. The molecule has 0 spiro atoms. The van der Waals surface area contributed by atoms with Gasteiger partial charge in [-0.3, -0.25) is 4.98 Å². The average Bonchev–Trinajstić information content (AvgIpc) is 4.03. The number of imidazole rings is 2. The molecule has 0 saturated heterocycles. The Morgan fingerprint density at radius 1 is 0.661 bits per heavy atom. The Balaban J connectivity index is 0.000000115. The SMILES string of the molecule is C[n+]1[c-]n(-c2[c-]cc3c4c5c(ccc24)C=CCC5=CC3)cc1.C[n+]1[c-]n(-c2[c-]cc3c4c5c(ccc24)C=CCC5=CC3)cc1.[Ir].c1ccc(-c2ccn[n-]2)nc1. The van der Waals surface area contributed by atoms with Crippen molar-refractivity contribution >= 4 is 44.8 Å². The van der Waals surface area contributed by atoms with Crippen LogP contribution >= 0.6 is 0 Å². The Morgan fingerprint density at radius 3 is 1.70 bits per heavy atom. The van der Waals surface area contributed by atoms with Crippen molar-refractivity contribution in [1.82, 2.24) is 24.3 Å². The first-order valence-electron chi connectivity index (χ1n) is 18.6. The van der Waals surface area contributed by atoms with Gasteiger partial charge in [0.2, 0.25) is 12.7 Å². The fraction of sp³-hybridized carbons (Fsp3) is 0.125. The first-order valence-corrected chi connectivity index (χ1v) is 18.6. The predicted molar refractivity (Wildman–Crippen MR) is 216 cm³/mol. The molecule has 0 N–H and O–H groups in total. The van der Waals surface area contributed by atoms with Crippen LogP contribution in [0.15, 0.2) is 122 Å². The molecule has 0 atom stereocenters. The van der Waals surface area contributed by atoms with E-state index in [1.54, 1.807) is 12.4 Å². The maximum Gasteiger partial charge on any atom is 0.241 e. The zero-order chi connectivity index (χ0) is 36.9. The summed E-state index contributed by atoms with van der Waals surface area (Å²) in [6, 6.07) is 27.7. The monoisotopic (exact) mass is 903 g/mol. The molecule has 8 aromatic rings. The van der Waals surface area contributed by atoms with Crippen LogP contribution in [0.3, 0.4) is 0 Å². The number of aromatic nitrogens is 7. The summed E-state index contributed by atoms with van der Waals surface area (Å²) in [5.74, 6) is 0. The summed E-state index contributed by atoms with van der Waals surface area (Å²) in [7, 11) is 3.98. The van der Waals surface area contributed by atoms with E-state index >= 15 is 0 Å². The van der Waals surface area contributed by atoms with Gasteiger partial charge in [0, 0.05) is 63.0 Å². The van der Waals surface area contributed by atoms with Crippen LogP contribution in [0, 0.1) is 24.8 Å². The molecule has 275 valence electrons. The Kier molecular flexibility index (Phi) is 9.37. The maximum atomic E-state index is 4.12. The van der Waals surface area contributed by atoms with E-state index in [1.165, 1.54) is 66.1 Å². The molecule has 0 saturated carbocycles. The number of pyridine rings is 1. The van der Waals surface area contributed by atoms with E-state index < -0.39 is 0 Å². The summed E-state index contributed by atoms with van der Waals surface area (Å²) in [6.07, 6.45) is 35.9. The van der Waals surface area contributed by atoms with Crippen LogP contribution < -0.4 is 14.2 Å². The molecule has 4 aliphatic rings. The third kappa shape index (κ3) is 6.31. The predicted octanol–water partition coefficient (Wildman–Crippen LogP) is 7.92. The topological polar surface area (TPSA) is 57.5 Å². The van der Waals surface area contributed by atoms with Crippen LogP contribution in [-0.4, -0.2) is 19.2 Å². The Bertz CT molecular complexity index is 2720. The van der Waals surface area contributed by atoms with Crippen molar-refractivity contribution in [2.24, 2.45) is 14.1 Å². The van der Waals surface area contributed by atoms with E-state index in [2.05, 4.69) is 113 Å². The minimum atomic E-state index is 0. The van der Waals surface area contributed by atoms with E-state index in [0.717, 1.165) is 48.4 Å². The van der Waals surface area contributed by atoms with Crippen molar-refractivity contribution in [2.45, 2.75) is 25.7 Å². The number of allylic oxidation sites excluding steroid dienone is 6. The molecule has 8 heteroatoms. The van der Waals surface area contributed by atoms with Crippen LogP contribution in [0.25, 0.3) is 67.6 Å². The molecule has 0 amide bonds. The van der Waals surface area contributed by atoms with Gasteiger partial charge in [0.1, 0.15) is 0 Å². The zero-order valence-electron chi connectivity index (χ0n) is 31.0. The molecule has 56 heavy (non-hydrogen) atoms. The van der Waals surface area contributed by atoms with Crippen molar-refractivity contribution in [3.8, 4) is 22.8 Å². The fourth-order valence-electron chi connectivity index (χ4n) is 8.21. The Hall–Kier alpha value is -6.21. The van der Waals surface area contributed by atoms with Gasteiger partial charge in [-0.25, -0.2) is 0 Å². The van der Waals surface area contributed by atoms with Gasteiger partial charge in [-0.05, 0) is 58.4 Å². The first-order chi connectivity index (χ1) is 27.1. The van der Waals surface area contributed by atoms with Crippen LogP contribution in [-0.2, 0) is 47.0 Å². The van der Waals surface area contributed by atoms with Crippen molar-refractivity contribution in [3.05, 3.63) is 180 Å². The quantitative estimate of drug-likeness (QED) is 0.134. The summed E-state index contributed by atoms with van der Waals surface area (Å²) in [5, 5.41) is 12.9. The van der Waals surface area contributed by atoms with Gasteiger partial charge in [0.05, 0.1) is 14.1 Å². The molecular weight excluding hydrogens is 867 g/mol. The van der Waals surface area contributed by atoms with Crippen LogP contribution in [0.5, 0.6) is 0 Å². The number of nitrogens with zero attached hydrogens (tertiary/aromatic N) is 7. The molecule has 4 aromatic heterocycles. The van der Waals surface area contributed by atoms with E-state index in [4.69, 9.17) is 0 Å². The molecule has 4 heterocycles. The standard InChI is InChI=1S/2C20H15N2.C8H6N3.Ir/c2*1-21-11-12-22(13-21)18-10-8-16-6-5-14-3-2-4-15-7-9-17(18)20(16)19(14)15;1-2-5-9-7(3-1)8-4-6-10-11-8;/h2*2,4-5,7-9,11-12H,3,6H2,1H3;1-6H;/q3*-1;. The number of benzene rings is 4. The van der Waals surface area contributed by atoms with E-state index in [9.17, 15) is 0 Å². The smallest absolute Gasteiger partial charge is 0.241 e. The Morgan fingerprint density at radius 2 is 1.23 bits per heavy atom. The molecule has 0 fully saturated rings. The molecule has 1 radical (unpaired) electrons. The first kappa shape index (κ1) is 35.5. The van der Waals surface area contributed by atoms with Crippen LogP contribution in [0.4, 0.5) is 0 Å². The van der Waals surface area contributed by atoms with Crippen LogP contribution in [0.2, 0.25) is 0 Å². The number of hydrogen-bond donors (Lipinski definition) is 0. The second kappa shape index (κ2) is 14.8.